The van der Waals surface area contributed by atoms with Gasteiger partial charge in [0.2, 0.25) is 0 Å². The minimum Gasteiger partial charge on any atom is -1.00 e. The Kier molecular flexibility index (Phi) is 6.47. The van der Waals surface area contributed by atoms with Crippen LogP contribution in [-0.4, -0.2) is 37.5 Å². The van der Waals surface area contributed by atoms with Crippen molar-refractivity contribution in [2.24, 2.45) is 0 Å². The Morgan fingerprint density at radius 3 is 1.46 bits per heavy atom. The van der Waals surface area contributed by atoms with Crippen molar-refractivity contribution >= 4 is 17.9 Å². The average molecular weight is 467 g/mol. The first kappa shape index (κ1) is 20.5. The van der Waals surface area contributed by atoms with Gasteiger partial charge in [-0.1, -0.05) is 24.3 Å². The Labute approximate surface area is 169 Å². The first-order valence-corrected chi connectivity index (χ1v) is 8.11. The minimum atomic E-state index is -0.301. The Balaban J connectivity index is 0.00000243. The summed E-state index contributed by atoms with van der Waals surface area (Å²) in [4.78, 5) is 12.9. The molecule has 0 spiro atoms. The van der Waals surface area contributed by atoms with E-state index in [9.17, 15) is 13.6 Å². The molecule has 0 atom stereocenters. The predicted octanol–water partition coefficient (Wildman–Crippen LogP) is 1.09. The number of nitrogens with zero attached hydrogens (tertiary/aromatic N) is 1. The van der Waals surface area contributed by atoms with Crippen LogP contribution in [0.15, 0.2) is 59.7 Å². The van der Waals surface area contributed by atoms with Gasteiger partial charge in [0.15, 0.2) is 5.78 Å². The zero-order chi connectivity index (χ0) is 18.0. The second-order valence-electron chi connectivity index (χ2n) is 7.02. The van der Waals surface area contributed by atoms with Gasteiger partial charge < -0.3 is 28.5 Å². The first-order valence-electron chi connectivity index (χ1n) is 8.11. The standard InChI is InChI=1S/C21H20F2NO.HI/c1-24(2)13-17(11-15-3-7-19(22)8-4-15)21(25)18(14-24)12-16-5-9-20(23)10-6-16;/h3-12H,13-14H2,1-2H3;1H/q+1;/p-1/b17-11+,18-12+;. The van der Waals surface area contributed by atoms with Crippen molar-refractivity contribution in [2.45, 2.75) is 0 Å². The molecule has 1 aliphatic rings. The van der Waals surface area contributed by atoms with Gasteiger partial charge in [-0.15, -0.1) is 0 Å². The molecule has 0 amide bonds. The van der Waals surface area contributed by atoms with Gasteiger partial charge in [-0.2, -0.15) is 0 Å². The maximum atomic E-state index is 13.1. The highest BCUT2D eigenvalue weighted by atomic mass is 127. The molecule has 0 bridgehead atoms. The molecule has 0 aliphatic carbocycles. The second kappa shape index (κ2) is 8.22. The van der Waals surface area contributed by atoms with Gasteiger partial charge in [0, 0.05) is 0 Å². The fourth-order valence-electron chi connectivity index (χ4n) is 3.07. The number of likely N-dealkylation sites (N-methyl/N-ethyl adjacent to an activating group) is 1. The lowest BCUT2D eigenvalue weighted by atomic mass is 9.93. The van der Waals surface area contributed by atoms with Crippen LogP contribution in [0.25, 0.3) is 12.2 Å². The minimum absolute atomic E-state index is 0. The lowest BCUT2D eigenvalue weighted by Gasteiger charge is -2.35. The highest BCUT2D eigenvalue weighted by Crippen LogP contribution is 2.25. The highest BCUT2D eigenvalue weighted by Gasteiger charge is 2.33. The van der Waals surface area contributed by atoms with Crippen molar-refractivity contribution in [1.82, 2.24) is 0 Å². The summed E-state index contributed by atoms with van der Waals surface area (Å²) < 4.78 is 26.8. The summed E-state index contributed by atoms with van der Waals surface area (Å²) in [5, 5.41) is 0. The molecule has 3 rings (SSSR count). The molecule has 0 radical (unpaired) electrons. The maximum Gasteiger partial charge on any atom is 0.196 e. The van der Waals surface area contributed by atoms with E-state index in [1.165, 1.54) is 24.3 Å². The number of rotatable bonds is 2. The van der Waals surface area contributed by atoms with E-state index in [-0.39, 0.29) is 41.4 Å². The molecule has 1 heterocycles. The van der Waals surface area contributed by atoms with Crippen LogP contribution in [0.1, 0.15) is 11.1 Å². The molecule has 0 saturated carbocycles. The highest BCUT2D eigenvalue weighted by molar-refractivity contribution is 6.14. The molecule has 1 saturated heterocycles. The summed E-state index contributed by atoms with van der Waals surface area (Å²) in [6.07, 6.45) is 3.64. The van der Waals surface area contributed by atoms with Crippen molar-refractivity contribution < 1.29 is 42.0 Å². The van der Waals surface area contributed by atoms with Crippen molar-refractivity contribution in [1.29, 1.82) is 0 Å². The molecular formula is C21H20F2INO. The van der Waals surface area contributed by atoms with Crippen LogP contribution >= 0.6 is 0 Å². The summed E-state index contributed by atoms with van der Waals surface area (Å²) in [6.45, 7) is 1.22. The molecule has 136 valence electrons. The smallest absolute Gasteiger partial charge is 0.196 e. The fourth-order valence-corrected chi connectivity index (χ4v) is 3.07. The summed E-state index contributed by atoms with van der Waals surface area (Å²) in [7, 11) is 4.12. The summed E-state index contributed by atoms with van der Waals surface area (Å²) in [6, 6.07) is 12.2. The second-order valence-corrected chi connectivity index (χ2v) is 7.02. The number of piperidine rings is 1. The summed E-state index contributed by atoms with van der Waals surface area (Å²) in [5.74, 6) is -0.610. The number of benzene rings is 2. The summed E-state index contributed by atoms with van der Waals surface area (Å²) >= 11 is 0. The van der Waals surface area contributed by atoms with E-state index in [1.54, 1.807) is 24.3 Å². The zero-order valence-electron chi connectivity index (χ0n) is 14.7. The van der Waals surface area contributed by atoms with E-state index in [0.29, 0.717) is 28.7 Å². The Morgan fingerprint density at radius 1 is 0.769 bits per heavy atom. The van der Waals surface area contributed by atoms with E-state index >= 15 is 0 Å². The predicted molar refractivity (Wildman–Crippen MR) is 95.6 cm³/mol. The van der Waals surface area contributed by atoms with Crippen molar-refractivity contribution in [2.75, 3.05) is 27.2 Å². The van der Waals surface area contributed by atoms with Crippen molar-refractivity contribution in [3.05, 3.63) is 82.4 Å². The van der Waals surface area contributed by atoms with Gasteiger partial charge in [0.25, 0.3) is 0 Å². The van der Waals surface area contributed by atoms with Gasteiger partial charge in [-0.25, -0.2) is 8.78 Å². The van der Waals surface area contributed by atoms with Gasteiger partial charge in [-0.05, 0) is 47.5 Å². The van der Waals surface area contributed by atoms with Gasteiger partial charge in [-0.3, -0.25) is 4.79 Å². The molecule has 2 nitrogen and oxygen atoms in total. The largest absolute Gasteiger partial charge is 1.00 e. The number of likely N-dealkylation sites (tertiary alicyclic amines) is 1. The van der Waals surface area contributed by atoms with Crippen molar-refractivity contribution in [3.63, 3.8) is 0 Å². The number of Topliss-reactive ketones (excluding diaryl/α,β-unsaturated/α-hetero) is 1. The van der Waals surface area contributed by atoms with Crippen LogP contribution in [0.3, 0.4) is 0 Å². The van der Waals surface area contributed by atoms with Crippen LogP contribution in [0.2, 0.25) is 0 Å². The number of quaternary nitrogens is 1. The third kappa shape index (κ3) is 5.08. The molecular weight excluding hydrogens is 447 g/mol. The molecule has 0 aromatic heterocycles. The number of carbonyl (C=O) groups is 1. The molecule has 2 aromatic carbocycles. The third-order valence-corrected chi connectivity index (χ3v) is 4.20. The van der Waals surface area contributed by atoms with Gasteiger partial charge >= 0.3 is 0 Å². The lowest BCUT2D eigenvalue weighted by Crippen LogP contribution is -3.00. The molecule has 1 aliphatic heterocycles. The number of hydrogen-bond donors (Lipinski definition) is 0. The molecule has 0 N–H and O–H groups in total. The van der Waals surface area contributed by atoms with E-state index in [2.05, 4.69) is 14.1 Å². The number of ketones is 1. The molecule has 1 fully saturated rings. The van der Waals surface area contributed by atoms with E-state index < -0.39 is 0 Å². The average Bonchev–Trinajstić information content (AvgIpc) is 2.55. The Morgan fingerprint density at radius 2 is 1.12 bits per heavy atom. The normalized spacial score (nSPS) is 19.5. The van der Waals surface area contributed by atoms with Crippen LogP contribution in [0.5, 0.6) is 0 Å². The number of halogens is 3. The maximum absolute atomic E-state index is 13.1. The van der Waals surface area contributed by atoms with Gasteiger partial charge in [0.1, 0.15) is 24.7 Å². The molecule has 0 unspecified atom stereocenters. The van der Waals surface area contributed by atoms with E-state index in [0.717, 1.165) is 11.1 Å². The fraction of sp³-hybridized carbons (Fsp3) is 0.190. The number of carbonyl (C=O) groups excluding carboxylic acids is 1. The van der Waals surface area contributed by atoms with Crippen LogP contribution in [0, 0.1) is 11.6 Å². The first-order chi connectivity index (χ1) is 11.8. The van der Waals surface area contributed by atoms with Gasteiger partial charge in [0.05, 0.1) is 25.2 Å². The van der Waals surface area contributed by atoms with Crippen LogP contribution in [-0.2, 0) is 4.79 Å². The van der Waals surface area contributed by atoms with E-state index in [4.69, 9.17) is 0 Å². The quantitative estimate of drug-likeness (QED) is 0.368. The molecule has 2 aromatic rings. The van der Waals surface area contributed by atoms with Crippen LogP contribution < -0.4 is 24.0 Å². The topological polar surface area (TPSA) is 17.1 Å². The monoisotopic (exact) mass is 467 g/mol. The number of hydrogen-bond acceptors (Lipinski definition) is 1. The Bertz CT molecular complexity index is 783. The third-order valence-electron chi connectivity index (χ3n) is 4.20. The Hall–Kier alpha value is -1.86. The molecule has 26 heavy (non-hydrogen) atoms. The SMILES string of the molecule is C[N+]1(C)C/C(=C\c2ccc(F)cc2)C(=O)/C(=C/c2ccc(F)cc2)C1.[I-]. The zero-order valence-corrected chi connectivity index (χ0v) is 16.8. The van der Waals surface area contributed by atoms with Crippen LogP contribution in [0.4, 0.5) is 8.78 Å². The molecule has 5 heteroatoms. The van der Waals surface area contributed by atoms with E-state index in [1.807, 2.05) is 12.2 Å². The summed E-state index contributed by atoms with van der Waals surface area (Å²) in [5.41, 5.74) is 2.98. The van der Waals surface area contributed by atoms with Crippen molar-refractivity contribution in [3.8, 4) is 0 Å². The lowest BCUT2D eigenvalue weighted by molar-refractivity contribution is -0.881.